The highest BCUT2D eigenvalue weighted by Crippen LogP contribution is 2.29. The zero-order valence-corrected chi connectivity index (χ0v) is 11.4. The van der Waals surface area contributed by atoms with Crippen molar-refractivity contribution >= 4 is 11.8 Å². The van der Waals surface area contributed by atoms with Crippen molar-refractivity contribution in [2.45, 2.75) is 65.0 Å². The minimum absolute atomic E-state index is 0.0161. The summed E-state index contributed by atoms with van der Waals surface area (Å²) < 4.78 is 0. The predicted molar refractivity (Wildman–Crippen MR) is 67.5 cm³/mol. The van der Waals surface area contributed by atoms with Crippen LogP contribution in [0.25, 0.3) is 0 Å². The molecule has 4 heteroatoms. The number of carbonyl (C=O) groups is 2. The third-order valence-corrected chi connectivity index (χ3v) is 3.83. The molecule has 98 valence electrons. The molecule has 0 bridgehead atoms. The molecule has 4 nitrogen and oxygen atoms in total. The Morgan fingerprint density at radius 1 is 1.18 bits per heavy atom. The number of hydrogen-bond acceptors (Lipinski definition) is 2. The SMILES string of the molecule is CCCN1C(=O)C(CC)NC(=O)C1(CC)CC. The molecule has 1 heterocycles. The largest absolute Gasteiger partial charge is 0.342 e. The number of amides is 2. The van der Waals surface area contributed by atoms with E-state index in [1.165, 1.54) is 0 Å². The third kappa shape index (κ3) is 2.17. The van der Waals surface area contributed by atoms with Crippen LogP contribution in [0.3, 0.4) is 0 Å². The van der Waals surface area contributed by atoms with Gasteiger partial charge >= 0.3 is 0 Å². The van der Waals surface area contributed by atoms with Crippen molar-refractivity contribution < 1.29 is 9.59 Å². The maximum absolute atomic E-state index is 12.3. The molecule has 1 saturated heterocycles. The van der Waals surface area contributed by atoms with E-state index in [4.69, 9.17) is 0 Å². The fourth-order valence-electron chi connectivity index (χ4n) is 2.65. The molecule has 1 aliphatic rings. The molecule has 1 rings (SSSR count). The summed E-state index contributed by atoms with van der Waals surface area (Å²) >= 11 is 0. The fraction of sp³-hybridized carbons (Fsp3) is 0.846. The summed E-state index contributed by atoms with van der Waals surface area (Å²) in [6.07, 6.45) is 2.90. The van der Waals surface area contributed by atoms with E-state index < -0.39 is 5.54 Å². The molecule has 17 heavy (non-hydrogen) atoms. The standard InChI is InChI=1S/C13H24N2O2/c1-5-9-15-11(16)10(6-2)14-12(17)13(15,7-3)8-4/h10H,5-9H2,1-4H3,(H,14,17). The van der Waals surface area contributed by atoms with Crippen LogP contribution in [0.1, 0.15) is 53.4 Å². The van der Waals surface area contributed by atoms with Gasteiger partial charge < -0.3 is 10.2 Å². The molecule has 2 amide bonds. The highest BCUT2D eigenvalue weighted by atomic mass is 16.2. The molecule has 1 unspecified atom stereocenters. The van der Waals surface area contributed by atoms with Gasteiger partial charge in [0.1, 0.15) is 11.6 Å². The lowest BCUT2D eigenvalue weighted by molar-refractivity contribution is -0.158. The van der Waals surface area contributed by atoms with Crippen LogP contribution in [-0.2, 0) is 9.59 Å². The Morgan fingerprint density at radius 3 is 2.18 bits per heavy atom. The normalized spacial score (nSPS) is 23.8. The van der Waals surface area contributed by atoms with Gasteiger partial charge in [-0.15, -0.1) is 0 Å². The predicted octanol–water partition coefficient (Wildman–Crippen LogP) is 1.69. The van der Waals surface area contributed by atoms with Gasteiger partial charge in [-0.3, -0.25) is 9.59 Å². The van der Waals surface area contributed by atoms with Crippen LogP contribution in [0, 0.1) is 0 Å². The van der Waals surface area contributed by atoms with Crippen LogP contribution in [0.4, 0.5) is 0 Å². The van der Waals surface area contributed by atoms with Crippen LogP contribution in [-0.4, -0.2) is 34.8 Å². The van der Waals surface area contributed by atoms with E-state index in [0.717, 1.165) is 6.42 Å². The Morgan fingerprint density at radius 2 is 1.76 bits per heavy atom. The van der Waals surface area contributed by atoms with Crippen LogP contribution < -0.4 is 5.32 Å². The summed E-state index contributed by atoms with van der Waals surface area (Å²) in [5.41, 5.74) is -0.626. The molecule has 1 aliphatic heterocycles. The maximum Gasteiger partial charge on any atom is 0.246 e. The second kappa shape index (κ2) is 5.52. The summed E-state index contributed by atoms with van der Waals surface area (Å²) in [4.78, 5) is 26.4. The van der Waals surface area contributed by atoms with Crippen molar-refractivity contribution in [3.8, 4) is 0 Å². The molecule has 0 aromatic rings. The van der Waals surface area contributed by atoms with E-state index in [0.29, 0.717) is 25.8 Å². The van der Waals surface area contributed by atoms with Gasteiger partial charge in [-0.2, -0.15) is 0 Å². The molecule has 1 fully saturated rings. The second-order valence-corrected chi connectivity index (χ2v) is 4.66. The number of rotatable bonds is 5. The molecule has 0 saturated carbocycles. The van der Waals surface area contributed by atoms with E-state index in [1.54, 1.807) is 4.90 Å². The Bertz CT molecular complexity index is 298. The quantitative estimate of drug-likeness (QED) is 0.795. The fourth-order valence-corrected chi connectivity index (χ4v) is 2.65. The highest BCUT2D eigenvalue weighted by Gasteiger charge is 2.49. The van der Waals surface area contributed by atoms with Crippen LogP contribution in [0.5, 0.6) is 0 Å². The molecule has 0 radical (unpaired) electrons. The number of hydrogen-bond donors (Lipinski definition) is 1. The molecule has 0 aliphatic carbocycles. The van der Waals surface area contributed by atoms with Gasteiger partial charge in [-0.25, -0.2) is 0 Å². The second-order valence-electron chi connectivity index (χ2n) is 4.66. The lowest BCUT2D eigenvalue weighted by Gasteiger charge is -2.47. The lowest BCUT2D eigenvalue weighted by Crippen LogP contribution is -2.70. The van der Waals surface area contributed by atoms with E-state index in [-0.39, 0.29) is 17.9 Å². The van der Waals surface area contributed by atoms with Crippen molar-refractivity contribution in [3.05, 3.63) is 0 Å². The molecule has 0 aromatic carbocycles. The molecular weight excluding hydrogens is 216 g/mol. The van der Waals surface area contributed by atoms with Gasteiger partial charge in [-0.1, -0.05) is 27.7 Å². The summed E-state index contributed by atoms with van der Waals surface area (Å²) in [6.45, 7) is 8.59. The van der Waals surface area contributed by atoms with Crippen molar-refractivity contribution in [3.63, 3.8) is 0 Å². The average Bonchev–Trinajstić information content (AvgIpc) is 2.34. The molecule has 1 N–H and O–H groups in total. The van der Waals surface area contributed by atoms with Crippen LogP contribution >= 0.6 is 0 Å². The van der Waals surface area contributed by atoms with E-state index >= 15 is 0 Å². The topological polar surface area (TPSA) is 49.4 Å². The first kappa shape index (κ1) is 14.0. The van der Waals surface area contributed by atoms with Crippen LogP contribution in [0.2, 0.25) is 0 Å². The highest BCUT2D eigenvalue weighted by molar-refractivity contribution is 5.99. The van der Waals surface area contributed by atoms with Crippen molar-refractivity contribution in [2.24, 2.45) is 0 Å². The van der Waals surface area contributed by atoms with E-state index in [2.05, 4.69) is 5.32 Å². The van der Waals surface area contributed by atoms with E-state index in [1.807, 2.05) is 27.7 Å². The summed E-state index contributed by atoms with van der Waals surface area (Å²) in [6, 6.07) is -0.333. The van der Waals surface area contributed by atoms with Gasteiger partial charge in [0.05, 0.1) is 0 Å². The Labute approximate surface area is 104 Å². The molecule has 0 aromatic heterocycles. The van der Waals surface area contributed by atoms with Gasteiger partial charge in [0.15, 0.2) is 0 Å². The van der Waals surface area contributed by atoms with Gasteiger partial charge in [-0.05, 0) is 25.7 Å². The molecule has 1 atom stereocenters. The Kier molecular flexibility index (Phi) is 4.54. The summed E-state index contributed by atoms with van der Waals surface area (Å²) in [5, 5.41) is 2.87. The first-order valence-corrected chi connectivity index (χ1v) is 6.69. The van der Waals surface area contributed by atoms with Gasteiger partial charge in [0, 0.05) is 6.54 Å². The van der Waals surface area contributed by atoms with E-state index in [9.17, 15) is 9.59 Å². The first-order valence-electron chi connectivity index (χ1n) is 6.69. The number of piperazine rings is 1. The van der Waals surface area contributed by atoms with Gasteiger partial charge in [0.25, 0.3) is 0 Å². The van der Waals surface area contributed by atoms with Crippen LogP contribution in [0.15, 0.2) is 0 Å². The minimum atomic E-state index is -0.626. The Balaban J connectivity index is 3.10. The Hall–Kier alpha value is -1.06. The monoisotopic (exact) mass is 240 g/mol. The average molecular weight is 240 g/mol. The smallest absolute Gasteiger partial charge is 0.246 e. The zero-order chi connectivity index (χ0) is 13.1. The zero-order valence-electron chi connectivity index (χ0n) is 11.4. The molecule has 0 spiro atoms. The number of nitrogens with zero attached hydrogens (tertiary/aromatic N) is 1. The summed E-state index contributed by atoms with van der Waals surface area (Å²) in [7, 11) is 0. The minimum Gasteiger partial charge on any atom is -0.342 e. The van der Waals surface area contributed by atoms with Gasteiger partial charge in [0.2, 0.25) is 11.8 Å². The third-order valence-electron chi connectivity index (χ3n) is 3.83. The maximum atomic E-state index is 12.3. The number of nitrogens with one attached hydrogen (secondary N) is 1. The lowest BCUT2D eigenvalue weighted by atomic mass is 9.85. The molecular formula is C13H24N2O2. The van der Waals surface area contributed by atoms with Crippen molar-refractivity contribution in [2.75, 3.05) is 6.54 Å². The number of carbonyl (C=O) groups excluding carboxylic acids is 2. The first-order chi connectivity index (χ1) is 8.07. The van der Waals surface area contributed by atoms with Crippen molar-refractivity contribution in [1.29, 1.82) is 0 Å². The van der Waals surface area contributed by atoms with Crippen molar-refractivity contribution in [1.82, 2.24) is 10.2 Å². The summed E-state index contributed by atoms with van der Waals surface area (Å²) in [5.74, 6) is 0.0973.